The molecule has 0 aliphatic heterocycles. The summed E-state index contributed by atoms with van der Waals surface area (Å²) in [6, 6.07) is 6.89. The van der Waals surface area contributed by atoms with Crippen molar-refractivity contribution >= 4 is 6.09 Å². The van der Waals surface area contributed by atoms with Gasteiger partial charge in [0.2, 0.25) is 0 Å². The highest BCUT2D eigenvalue weighted by Gasteiger charge is 2.07. The summed E-state index contributed by atoms with van der Waals surface area (Å²) in [5.74, 6) is 2.43. The van der Waals surface area contributed by atoms with Crippen LogP contribution in [0.5, 0.6) is 0 Å². The SMILES string of the molecule is C#Cc1cc(C#N)cc(CN(C)C(=O)O)c1. The second-order valence-corrected chi connectivity index (χ2v) is 3.31. The van der Waals surface area contributed by atoms with Crippen LogP contribution in [-0.2, 0) is 6.54 Å². The van der Waals surface area contributed by atoms with Crippen molar-refractivity contribution in [2.24, 2.45) is 0 Å². The van der Waals surface area contributed by atoms with Gasteiger partial charge in [-0.25, -0.2) is 4.79 Å². The Labute approximate surface area is 93.7 Å². The highest BCUT2D eigenvalue weighted by molar-refractivity contribution is 5.64. The van der Waals surface area contributed by atoms with Gasteiger partial charge in [0, 0.05) is 19.2 Å². The molecule has 1 aromatic rings. The van der Waals surface area contributed by atoms with Gasteiger partial charge in [-0.1, -0.05) is 5.92 Å². The van der Waals surface area contributed by atoms with Crippen LogP contribution in [0.15, 0.2) is 18.2 Å². The van der Waals surface area contributed by atoms with Crippen molar-refractivity contribution < 1.29 is 9.90 Å². The summed E-state index contributed by atoms with van der Waals surface area (Å²) in [5.41, 5.74) is 1.72. The Bertz CT molecular complexity index is 462. The lowest BCUT2D eigenvalue weighted by atomic mass is 10.1. The van der Waals surface area contributed by atoms with Crippen LogP contribution in [0.25, 0.3) is 0 Å². The molecule has 1 amide bonds. The predicted octanol–water partition coefficient (Wildman–Crippen LogP) is 1.65. The highest BCUT2D eigenvalue weighted by Crippen LogP contribution is 2.11. The van der Waals surface area contributed by atoms with Crippen LogP contribution >= 0.6 is 0 Å². The summed E-state index contributed by atoms with van der Waals surface area (Å²) in [4.78, 5) is 11.8. The van der Waals surface area contributed by atoms with Crippen molar-refractivity contribution in [2.75, 3.05) is 7.05 Å². The van der Waals surface area contributed by atoms with Crippen LogP contribution in [0.2, 0.25) is 0 Å². The van der Waals surface area contributed by atoms with Crippen molar-refractivity contribution in [2.45, 2.75) is 6.54 Å². The molecule has 1 aromatic carbocycles. The zero-order valence-corrected chi connectivity index (χ0v) is 8.77. The molecule has 0 bridgehead atoms. The summed E-state index contributed by atoms with van der Waals surface area (Å²) in [7, 11) is 1.46. The maximum absolute atomic E-state index is 10.6. The molecule has 1 N–H and O–H groups in total. The average Bonchev–Trinajstić information content (AvgIpc) is 2.28. The van der Waals surface area contributed by atoms with E-state index in [9.17, 15) is 4.79 Å². The third-order valence-corrected chi connectivity index (χ3v) is 2.03. The monoisotopic (exact) mass is 214 g/mol. The van der Waals surface area contributed by atoms with E-state index in [0.717, 1.165) is 4.90 Å². The van der Waals surface area contributed by atoms with Crippen molar-refractivity contribution in [1.82, 2.24) is 4.90 Å². The topological polar surface area (TPSA) is 64.3 Å². The third-order valence-electron chi connectivity index (χ3n) is 2.03. The molecule has 0 atom stereocenters. The molecule has 80 valence electrons. The highest BCUT2D eigenvalue weighted by atomic mass is 16.4. The molecule has 0 spiro atoms. The summed E-state index contributed by atoms with van der Waals surface area (Å²) in [6.07, 6.45) is 4.22. The number of benzene rings is 1. The second-order valence-electron chi connectivity index (χ2n) is 3.31. The van der Waals surface area contributed by atoms with Gasteiger partial charge in [0.05, 0.1) is 11.6 Å². The number of terminal acetylenes is 1. The van der Waals surface area contributed by atoms with Crippen LogP contribution in [0.4, 0.5) is 4.79 Å². The molecule has 0 saturated carbocycles. The van der Waals surface area contributed by atoms with Crippen molar-refractivity contribution in [3.05, 3.63) is 34.9 Å². The molecule has 16 heavy (non-hydrogen) atoms. The lowest BCUT2D eigenvalue weighted by Crippen LogP contribution is -2.23. The van der Waals surface area contributed by atoms with Crippen LogP contribution in [-0.4, -0.2) is 23.1 Å². The van der Waals surface area contributed by atoms with E-state index in [1.165, 1.54) is 7.05 Å². The van der Waals surface area contributed by atoms with Crippen LogP contribution in [0.3, 0.4) is 0 Å². The predicted molar refractivity (Wildman–Crippen MR) is 58.6 cm³/mol. The van der Waals surface area contributed by atoms with E-state index in [0.29, 0.717) is 16.7 Å². The van der Waals surface area contributed by atoms with E-state index in [-0.39, 0.29) is 6.54 Å². The van der Waals surface area contributed by atoms with E-state index >= 15 is 0 Å². The normalized spacial score (nSPS) is 8.94. The van der Waals surface area contributed by atoms with Gasteiger partial charge in [-0.3, -0.25) is 0 Å². The van der Waals surface area contributed by atoms with Crippen molar-refractivity contribution in [3.8, 4) is 18.4 Å². The van der Waals surface area contributed by atoms with Crippen molar-refractivity contribution in [3.63, 3.8) is 0 Å². The molecule has 0 fully saturated rings. The first-order valence-electron chi connectivity index (χ1n) is 4.51. The first-order chi connectivity index (χ1) is 7.56. The molecule has 1 rings (SSSR count). The molecule has 0 unspecified atom stereocenters. The molecule has 0 heterocycles. The lowest BCUT2D eigenvalue weighted by Gasteiger charge is -2.13. The molecule has 0 aliphatic carbocycles. The van der Waals surface area contributed by atoms with Gasteiger partial charge in [0.15, 0.2) is 0 Å². The Kier molecular flexibility index (Phi) is 3.53. The number of hydrogen-bond acceptors (Lipinski definition) is 2. The molecule has 4 heteroatoms. The van der Waals surface area contributed by atoms with Gasteiger partial charge >= 0.3 is 6.09 Å². The number of hydrogen-bond donors (Lipinski definition) is 1. The molecule has 0 saturated heterocycles. The molecule has 0 aliphatic rings. The number of carboxylic acid groups (broad SMARTS) is 1. The maximum atomic E-state index is 10.6. The van der Waals surface area contributed by atoms with Crippen molar-refractivity contribution in [1.29, 1.82) is 5.26 Å². The van der Waals surface area contributed by atoms with Crippen LogP contribution in [0.1, 0.15) is 16.7 Å². The summed E-state index contributed by atoms with van der Waals surface area (Å²) >= 11 is 0. The average molecular weight is 214 g/mol. The van der Waals surface area contributed by atoms with Gasteiger partial charge in [0.1, 0.15) is 0 Å². The Morgan fingerprint density at radius 1 is 1.50 bits per heavy atom. The largest absolute Gasteiger partial charge is 0.465 e. The van der Waals surface area contributed by atoms with E-state index in [1.54, 1.807) is 18.2 Å². The minimum Gasteiger partial charge on any atom is -0.465 e. The lowest BCUT2D eigenvalue weighted by molar-refractivity contribution is 0.153. The summed E-state index contributed by atoms with van der Waals surface area (Å²) in [5, 5.41) is 17.5. The molecule has 4 nitrogen and oxygen atoms in total. The Morgan fingerprint density at radius 2 is 2.12 bits per heavy atom. The first kappa shape index (κ1) is 11.6. The Hall–Kier alpha value is -2.46. The Balaban J connectivity index is 3.02. The van der Waals surface area contributed by atoms with Gasteiger partial charge in [-0.2, -0.15) is 5.26 Å². The van der Waals surface area contributed by atoms with Gasteiger partial charge < -0.3 is 10.0 Å². The number of carbonyl (C=O) groups is 1. The minimum absolute atomic E-state index is 0.208. The molecular formula is C12H10N2O2. The fourth-order valence-electron chi connectivity index (χ4n) is 1.27. The molecular weight excluding hydrogens is 204 g/mol. The number of nitriles is 1. The van der Waals surface area contributed by atoms with Crippen LogP contribution in [0, 0.1) is 23.7 Å². The standard InChI is InChI=1S/C12H10N2O2/c1-3-9-4-10(7-13)6-11(5-9)8-14(2)12(15)16/h1,4-6H,8H2,2H3,(H,15,16). The number of nitrogens with zero attached hydrogens (tertiary/aromatic N) is 2. The van der Waals surface area contributed by atoms with E-state index in [4.69, 9.17) is 16.8 Å². The second kappa shape index (κ2) is 4.86. The van der Waals surface area contributed by atoms with E-state index < -0.39 is 6.09 Å². The smallest absolute Gasteiger partial charge is 0.407 e. The first-order valence-corrected chi connectivity index (χ1v) is 4.51. The fraction of sp³-hybridized carbons (Fsp3) is 0.167. The Morgan fingerprint density at radius 3 is 2.62 bits per heavy atom. The zero-order valence-electron chi connectivity index (χ0n) is 8.77. The number of rotatable bonds is 2. The third kappa shape index (κ3) is 2.76. The summed E-state index contributed by atoms with van der Waals surface area (Å²) < 4.78 is 0. The fourth-order valence-corrected chi connectivity index (χ4v) is 1.27. The van der Waals surface area contributed by atoms with E-state index in [2.05, 4.69) is 5.92 Å². The van der Waals surface area contributed by atoms with Gasteiger partial charge in [-0.05, 0) is 23.8 Å². The van der Waals surface area contributed by atoms with Gasteiger partial charge in [-0.15, -0.1) is 6.42 Å². The van der Waals surface area contributed by atoms with Crippen LogP contribution < -0.4 is 0 Å². The van der Waals surface area contributed by atoms with E-state index in [1.807, 2.05) is 6.07 Å². The zero-order chi connectivity index (χ0) is 12.1. The molecule has 0 radical (unpaired) electrons. The molecule has 0 aromatic heterocycles. The van der Waals surface area contributed by atoms with Gasteiger partial charge in [0.25, 0.3) is 0 Å². The maximum Gasteiger partial charge on any atom is 0.407 e. The minimum atomic E-state index is -1.02. The quantitative estimate of drug-likeness (QED) is 0.761. The number of amides is 1. The summed E-state index contributed by atoms with van der Waals surface area (Å²) in [6.45, 7) is 0.208.